The quantitative estimate of drug-likeness (QED) is 0.442. The van der Waals surface area contributed by atoms with Gasteiger partial charge in [0.25, 0.3) is 5.56 Å². The van der Waals surface area contributed by atoms with Crippen molar-refractivity contribution in [2.45, 2.75) is 6.54 Å². The molecule has 0 aliphatic heterocycles. The van der Waals surface area contributed by atoms with Gasteiger partial charge in [-0.15, -0.1) is 0 Å². The molecule has 2 aromatic carbocycles. The summed E-state index contributed by atoms with van der Waals surface area (Å²) in [6.45, 7) is -0.146. The van der Waals surface area contributed by atoms with E-state index in [1.54, 1.807) is 31.3 Å². The monoisotopic (exact) mass is 484 g/mol. The third-order valence-electron chi connectivity index (χ3n) is 5.07. The van der Waals surface area contributed by atoms with Crippen LogP contribution in [0, 0.1) is 0 Å². The van der Waals surface area contributed by atoms with Crippen LogP contribution in [0.4, 0.5) is 17.2 Å². The summed E-state index contributed by atoms with van der Waals surface area (Å²) >= 11 is 6.05. The van der Waals surface area contributed by atoms with Gasteiger partial charge in [-0.2, -0.15) is 0 Å². The molecule has 0 atom stereocenters. The van der Waals surface area contributed by atoms with Gasteiger partial charge in [0.15, 0.2) is 5.69 Å². The zero-order chi connectivity index (χ0) is 24.8. The molecule has 3 rings (SSSR count). The number of anilines is 3. The van der Waals surface area contributed by atoms with Gasteiger partial charge >= 0.3 is 5.69 Å². The second-order valence-corrected chi connectivity index (χ2v) is 8.13. The minimum atomic E-state index is -0.776. The number of likely N-dealkylation sites (N-methyl/N-ethyl adjacent to an activating group) is 2. The number of nitrogens with zero attached hydrogens (tertiary/aromatic N) is 3. The van der Waals surface area contributed by atoms with Gasteiger partial charge in [0.1, 0.15) is 5.82 Å². The molecule has 0 bridgehead atoms. The molecule has 0 fully saturated rings. The molecule has 3 aromatic rings. The summed E-state index contributed by atoms with van der Waals surface area (Å²) in [5, 5.41) is 3.08. The van der Waals surface area contributed by atoms with Crippen LogP contribution in [0.1, 0.15) is 5.56 Å². The van der Waals surface area contributed by atoms with Crippen molar-refractivity contribution >= 4 is 40.6 Å². The van der Waals surface area contributed by atoms with Crippen molar-refractivity contribution in [1.29, 1.82) is 0 Å². The van der Waals surface area contributed by atoms with Crippen molar-refractivity contribution in [3.05, 3.63) is 86.0 Å². The number of hydrogen-bond acceptors (Lipinski definition) is 6. The summed E-state index contributed by atoms with van der Waals surface area (Å²) in [6.07, 6.45) is 0. The summed E-state index contributed by atoms with van der Waals surface area (Å²) in [5.74, 6) is -0.984. The maximum Gasteiger partial charge on any atom is 0.330 e. The smallest absolute Gasteiger partial charge is 0.330 e. The van der Waals surface area contributed by atoms with Crippen LogP contribution in [0.15, 0.2) is 64.2 Å². The van der Waals surface area contributed by atoms with Gasteiger partial charge in [-0.3, -0.25) is 28.8 Å². The number of carbonyl (C=O) groups excluding carboxylic acids is 2. The number of amides is 2. The fraction of sp³-hybridized carbons (Fsp3) is 0.217. The van der Waals surface area contributed by atoms with Crippen molar-refractivity contribution < 1.29 is 9.59 Å². The van der Waals surface area contributed by atoms with Gasteiger partial charge < -0.3 is 16.0 Å². The number of aromatic amines is 1. The molecular formula is C23H25ClN6O4. The lowest BCUT2D eigenvalue weighted by Gasteiger charge is -2.23. The Morgan fingerprint density at radius 3 is 2.35 bits per heavy atom. The highest BCUT2D eigenvalue weighted by atomic mass is 35.5. The Hall–Kier alpha value is -3.89. The van der Waals surface area contributed by atoms with Crippen LogP contribution in [0.3, 0.4) is 0 Å². The predicted octanol–water partition coefficient (Wildman–Crippen LogP) is 1.35. The Kier molecular flexibility index (Phi) is 7.87. The van der Waals surface area contributed by atoms with Crippen LogP contribution < -0.4 is 27.2 Å². The molecule has 1 aromatic heterocycles. The molecule has 4 N–H and O–H groups in total. The van der Waals surface area contributed by atoms with Crippen LogP contribution >= 0.6 is 11.6 Å². The van der Waals surface area contributed by atoms with Gasteiger partial charge in [-0.1, -0.05) is 54.1 Å². The number of nitrogens with two attached hydrogens (primary N) is 1. The molecule has 1 heterocycles. The molecule has 178 valence electrons. The van der Waals surface area contributed by atoms with Gasteiger partial charge in [0.2, 0.25) is 11.8 Å². The Labute approximate surface area is 200 Å². The summed E-state index contributed by atoms with van der Waals surface area (Å²) < 4.78 is 1.19. The molecule has 0 unspecified atom stereocenters. The Bertz CT molecular complexity index is 1300. The predicted molar refractivity (Wildman–Crippen MR) is 132 cm³/mol. The van der Waals surface area contributed by atoms with Crippen LogP contribution in [0.5, 0.6) is 0 Å². The average molecular weight is 485 g/mol. The van der Waals surface area contributed by atoms with Gasteiger partial charge in [-0.05, 0) is 24.7 Å². The van der Waals surface area contributed by atoms with E-state index in [9.17, 15) is 19.2 Å². The largest absolute Gasteiger partial charge is 0.383 e. The lowest BCUT2D eigenvalue weighted by atomic mass is 10.2. The molecule has 0 saturated carbocycles. The topological polar surface area (TPSA) is 134 Å². The van der Waals surface area contributed by atoms with E-state index in [0.717, 1.165) is 10.5 Å². The van der Waals surface area contributed by atoms with E-state index < -0.39 is 17.2 Å². The summed E-state index contributed by atoms with van der Waals surface area (Å²) in [7, 11) is 2.97. The van der Waals surface area contributed by atoms with Crippen molar-refractivity contribution in [3.8, 4) is 0 Å². The van der Waals surface area contributed by atoms with E-state index in [2.05, 4.69) is 10.3 Å². The number of benzene rings is 2. The number of halogens is 1. The SMILES string of the molecule is CN(CC(=O)Nc1ccccc1Cl)CC(=O)N(C)c1c(N)n(Cc2ccccc2)c(=O)[nH]c1=O. The molecular weight excluding hydrogens is 460 g/mol. The van der Waals surface area contributed by atoms with Crippen LogP contribution in [0.25, 0.3) is 0 Å². The standard InChI is InChI=1S/C23H25ClN6O4/c1-28(13-18(31)26-17-11-7-6-10-16(17)24)14-19(32)29(2)20-21(25)30(23(34)27-22(20)33)12-15-8-4-3-5-9-15/h3-11H,12-14,25H2,1-2H3,(H,26,31)(H,27,33,34). The van der Waals surface area contributed by atoms with E-state index in [1.807, 2.05) is 30.3 Å². The first-order valence-electron chi connectivity index (χ1n) is 10.3. The Morgan fingerprint density at radius 1 is 1.03 bits per heavy atom. The fourth-order valence-corrected chi connectivity index (χ4v) is 3.52. The zero-order valence-corrected chi connectivity index (χ0v) is 19.5. The molecule has 0 spiro atoms. The van der Waals surface area contributed by atoms with Crippen molar-refractivity contribution in [1.82, 2.24) is 14.5 Å². The molecule has 34 heavy (non-hydrogen) atoms. The first-order valence-corrected chi connectivity index (χ1v) is 10.7. The van der Waals surface area contributed by atoms with E-state index in [-0.39, 0.29) is 37.0 Å². The lowest BCUT2D eigenvalue weighted by molar-refractivity contribution is -0.120. The van der Waals surface area contributed by atoms with Gasteiger partial charge in [0.05, 0.1) is 30.3 Å². The number of para-hydroxylation sites is 1. The minimum absolute atomic E-state index is 0.0931. The second-order valence-electron chi connectivity index (χ2n) is 7.72. The van der Waals surface area contributed by atoms with Crippen LogP contribution in [-0.4, -0.2) is 53.5 Å². The van der Waals surface area contributed by atoms with Gasteiger partial charge in [0, 0.05) is 7.05 Å². The molecule has 0 radical (unpaired) electrons. The van der Waals surface area contributed by atoms with E-state index in [4.69, 9.17) is 17.3 Å². The summed E-state index contributed by atoms with van der Waals surface area (Å²) in [6, 6.07) is 15.9. The maximum atomic E-state index is 12.8. The fourth-order valence-electron chi connectivity index (χ4n) is 3.34. The lowest BCUT2D eigenvalue weighted by Crippen LogP contribution is -2.44. The third kappa shape index (κ3) is 5.91. The van der Waals surface area contributed by atoms with Crippen molar-refractivity contribution in [2.75, 3.05) is 43.1 Å². The van der Waals surface area contributed by atoms with E-state index >= 15 is 0 Å². The number of hydrogen-bond donors (Lipinski definition) is 3. The molecule has 2 amide bonds. The van der Waals surface area contributed by atoms with Gasteiger partial charge in [-0.25, -0.2) is 4.79 Å². The first kappa shape index (κ1) is 24.7. The number of nitrogen functional groups attached to an aromatic ring is 1. The highest BCUT2D eigenvalue weighted by molar-refractivity contribution is 6.33. The average Bonchev–Trinajstić information content (AvgIpc) is 2.78. The summed E-state index contributed by atoms with van der Waals surface area (Å²) in [4.78, 5) is 54.7. The maximum absolute atomic E-state index is 12.8. The van der Waals surface area contributed by atoms with E-state index in [0.29, 0.717) is 10.7 Å². The number of nitrogens with one attached hydrogen (secondary N) is 2. The number of aromatic nitrogens is 2. The Balaban J connectivity index is 1.71. The molecule has 0 aliphatic carbocycles. The number of rotatable bonds is 8. The molecule has 0 aliphatic rings. The highest BCUT2D eigenvalue weighted by Gasteiger charge is 2.22. The van der Waals surface area contributed by atoms with Crippen molar-refractivity contribution in [3.63, 3.8) is 0 Å². The van der Waals surface area contributed by atoms with E-state index in [1.165, 1.54) is 16.5 Å². The molecule has 11 heteroatoms. The van der Waals surface area contributed by atoms with Crippen LogP contribution in [0.2, 0.25) is 5.02 Å². The zero-order valence-electron chi connectivity index (χ0n) is 18.7. The minimum Gasteiger partial charge on any atom is -0.383 e. The number of carbonyl (C=O) groups is 2. The second kappa shape index (κ2) is 10.8. The highest BCUT2D eigenvalue weighted by Crippen LogP contribution is 2.20. The molecule has 0 saturated heterocycles. The normalized spacial score (nSPS) is 10.8. The third-order valence-corrected chi connectivity index (χ3v) is 5.40. The Morgan fingerprint density at radius 2 is 1.68 bits per heavy atom. The van der Waals surface area contributed by atoms with Crippen LogP contribution in [-0.2, 0) is 16.1 Å². The van der Waals surface area contributed by atoms with Crippen molar-refractivity contribution in [2.24, 2.45) is 0 Å². The molecule has 10 nitrogen and oxygen atoms in total. The first-order chi connectivity index (χ1) is 16.2. The summed E-state index contributed by atoms with van der Waals surface area (Å²) in [5.41, 5.74) is 5.81. The number of H-pyrrole nitrogens is 1.